The van der Waals surface area contributed by atoms with E-state index in [0.717, 1.165) is 0 Å². The predicted molar refractivity (Wildman–Crippen MR) is 96.0 cm³/mol. The van der Waals surface area contributed by atoms with Crippen molar-refractivity contribution < 1.29 is 14.3 Å². The molecule has 1 aromatic rings. The topological polar surface area (TPSA) is 49.9 Å². The third-order valence-corrected chi connectivity index (χ3v) is 5.19. The molecule has 1 saturated heterocycles. The number of nitrogens with zero attached hydrogens (tertiary/aromatic N) is 2. The average Bonchev–Trinajstić information content (AvgIpc) is 2.96. The molecule has 0 radical (unpaired) electrons. The van der Waals surface area contributed by atoms with Crippen molar-refractivity contribution in [3.63, 3.8) is 0 Å². The molecule has 1 fully saturated rings. The Morgan fingerprint density at radius 1 is 1.33 bits per heavy atom. The van der Waals surface area contributed by atoms with Crippen LogP contribution in [-0.4, -0.2) is 48.5 Å². The van der Waals surface area contributed by atoms with Crippen molar-refractivity contribution in [2.75, 3.05) is 26.7 Å². The average molecular weight is 353 g/mol. The summed E-state index contributed by atoms with van der Waals surface area (Å²) in [6.07, 6.45) is 1.17. The summed E-state index contributed by atoms with van der Waals surface area (Å²) >= 11 is 1.73. The van der Waals surface area contributed by atoms with Gasteiger partial charge in [-0.2, -0.15) is 0 Å². The summed E-state index contributed by atoms with van der Waals surface area (Å²) in [5.74, 6) is 0.518. The summed E-state index contributed by atoms with van der Waals surface area (Å²) in [6, 6.07) is 4.16. The SMILES string of the molecule is Cc1ccc(CN(C)C(=O)C2CCN(C(=O)OCC(C)C)CC2)s1. The zero-order valence-corrected chi connectivity index (χ0v) is 15.9. The first-order chi connectivity index (χ1) is 11.4. The van der Waals surface area contributed by atoms with Crippen LogP contribution in [0.4, 0.5) is 4.79 Å². The Morgan fingerprint density at radius 3 is 2.54 bits per heavy atom. The largest absolute Gasteiger partial charge is 0.449 e. The monoisotopic (exact) mass is 352 g/mol. The van der Waals surface area contributed by atoms with Crippen molar-refractivity contribution in [2.24, 2.45) is 11.8 Å². The molecule has 2 rings (SSSR count). The molecule has 1 aliphatic rings. The summed E-state index contributed by atoms with van der Waals surface area (Å²) in [5, 5.41) is 0. The molecule has 2 heterocycles. The molecule has 1 aliphatic heterocycles. The molecule has 0 saturated carbocycles. The van der Waals surface area contributed by atoms with Gasteiger partial charge in [-0.15, -0.1) is 11.3 Å². The highest BCUT2D eigenvalue weighted by molar-refractivity contribution is 7.11. The molecule has 2 amide bonds. The van der Waals surface area contributed by atoms with Crippen molar-refractivity contribution in [1.82, 2.24) is 9.80 Å². The van der Waals surface area contributed by atoms with Crippen LogP contribution in [0.25, 0.3) is 0 Å². The summed E-state index contributed by atoms with van der Waals surface area (Å²) in [7, 11) is 1.86. The van der Waals surface area contributed by atoms with Gasteiger partial charge in [0.25, 0.3) is 0 Å². The number of amides is 2. The minimum Gasteiger partial charge on any atom is -0.449 e. The minimum atomic E-state index is -0.253. The van der Waals surface area contributed by atoms with E-state index in [9.17, 15) is 9.59 Å². The van der Waals surface area contributed by atoms with Crippen molar-refractivity contribution in [2.45, 2.75) is 40.2 Å². The van der Waals surface area contributed by atoms with Crippen LogP contribution in [0.5, 0.6) is 0 Å². The van der Waals surface area contributed by atoms with Crippen LogP contribution in [0, 0.1) is 18.8 Å². The second-order valence-corrected chi connectivity index (χ2v) is 8.31. The van der Waals surface area contributed by atoms with Crippen LogP contribution in [0.15, 0.2) is 12.1 Å². The molecule has 5 nitrogen and oxygen atoms in total. The number of aryl methyl sites for hydroxylation is 1. The van der Waals surface area contributed by atoms with Crippen LogP contribution < -0.4 is 0 Å². The van der Waals surface area contributed by atoms with Gasteiger partial charge in [0.2, 0.25) is 5.91 Å². The summed E-state index contributed by atoms with van der Waals surface area (Å²) in [5.41, 5.74) is 0. The molecule has 0 N–H and O–H groups in total. The number of carbonyl (C=O) groups excluding carboxylic acids is 2. The second-order valence-electron chi connectivity index (χ2n) is 6.94. The Hall–Kier alpha value is -1.56. The highest BCUT2D eigenvalue weighted by Gasteiger charge is 2.29. The third kappa shape index (κ3) is 5.23. The lowest BCUT2D eigenvalue weighted by Crippen LogP contribution is -2.43. The number of thiophene rings is 1. The number of hydrogen-bond acceptors (Lipinski definition) is 4. The van der Waals surface area contributed by atoms with Crippen molar-refractivity contribution in [1.29, 1.82) is 0 Å². The van der Waals surface area contributed by atoms with Gasteiger partial charge in [0.1, 0.15) is 0 Å². The minimum absolute atomic E-state index is 0.00482. The molecular weight excluding hydrogens is 324 g/mol. The quantitative estimate of drug-likeness (QED) is 0.815. The molecule has 134 valence electrons. The fourth-order valence-corrected chi connectivity index (χ4v) is 3.78. The van der Waals surface area contributed by atoms with Gasteiger partial charge in [-0.3, -0.25) is 4.79 Å². The van der Waals surface area contributed by atoms with Crippen molar-refractivity contribution in [3.8, 4) is 0 Å². The van der Waals surface area contributed by atoms with Crippen LogP contribution in [0.1, 0.15) is 36.4 Å². The lowest BCUT2D eigenvalue weighted by atomic mass is 9.95. The molecule has 24 heavy (non-hydrogen) atoms. The number of carbonyl (C=O) groups is 2. The molecule has 0 spiro atoms. The van der Waals surface area contributed by atoms with E-state index in [2.05, 4.69) is 19.1 Å². The molecule has 0 aliphatic carbocycles. The van der Waals surface area contributed by atoms with Gasteiger partial charge in [-0.1, -0.05) is 13.8 Å². The smallest absolute Gasteiger partial charge is 0.409 e. The highest BCUT2D eigenvalue weighted by Crippen LogP contribution is 2.22. The maximum Gasteiger partial charge on any atom is 0.409 e. The van der Waals surface area contributed by atoms with Gasteiger partial charge in [0.05, 0.1) is 13.2 Å². The molecule has 0 bridgehead atoms. The fourth-order valence-electron chi connectivity index (χ4n) is 2.83. The van der Waals surface area contributed by atoms with E-state index >= 15 is 0 Å². The standard InChI is InChI=1S/C18H28N2O3S/c1-13(2)12-23-18(22)20-9-7-15(8-10-20)17(21)19(4)11-16-6-5-14(3)24-16/h5-6,13,15H,7-12H2,1-4H3. The van der Waals surface area contributed by atoms with Gasteiger partial charge in [-0.05, 0) is 37.8 Å². The number of likely N-dealkylation sites (tertiary alicyclic amines) is 1. The van der Waals surface area contributed by atoms with E-state index in [4.69, 9.17) is 4.74 Å². The summed E-state index contributed by atoms with van der Waals surface area (Å²) in [4.78, 5) is 30.6. The van der Waals surface area contributed by atoms with E-state index < -0.39 is 0 Å². The Balaban J connectivity index is 1.78. The highest BCUT2D eigenvalue weighted by atomic mass is 32.1. The Morgan fingerprint density at radius 2 is 2.00 bits per heavy atom. The Labute approximate surface area is 148 Å². The first kappa shape index (κ1) is 18.8. The Bertz CT molecular complexity index is 562. The van der Waals surface area contributed by atoms with Gasteiger partial charge >= 0.3 is 6.09 Å². The van der Waals surface area contributed by atoms with E-state index in [1.165, 1.54) is 9.75 Å². The first-order valence-electron chi connectivity index (χ1n) is 8.58. The maximum atomic E-state index is 12.6. The van der Waals surface area contributed by atoms with Crippen LogP contribution >= 0.6 is 11.3 Å². The zero-order chi connectivity index (χ0) is 17.7. The number of ether oxygens (including phenoxy) is 1. The normalized spacial score (nSPS) is 15.6. The number of rotatable bonds is 5. The third-order valence-electron chi connectivity index (χ3n) is 4.21. The van der Waals surface area contributed by atoms with E-state index in [1.807, 2.05) is 25.8 Å². The predicted octanol–water partition coefficient (Wildman–Crippen LogP) is 3.52. The number of hydrogen-bond donors (Lipinski definition) is 0. The Kier molecular flexibility index (Phi) is 6.66. The summed E-state index contributed by atoms with van der Waals surface area (Å²) < 4.78 is 5.26. The van der Waals surface area contributed by atoms with Gasteiger partial charge in [0, 0.05) is 35.8 Å². The van der Waals surface area contributed by atoms with E-state index in [-0.39, 0.29) is 17.9 Å². The molecule has 1 aromatic heterocycles. The van der Waals surface area contributed by atoms with Crippen molar-refractivity contribution >= 4 is 23.3 Å². The second kappa shape index (κ2) is 8.51. The lowest BCUT2D eigenvalue weighted by Gasteiger charge is -2.32. The molecule has 0 aromatic carbocycles. The van der Waals surface area contributed by atoms with E-state index in [0.29, 0.717) is 45.0 Å². The van der Waals surface area contributed by atoms with Crippen LogP contribution in [0.2, 0.25) is 0 Å². The van der Waals surface area contributed by atoms with E-state index in [1.54, 1.807) is 16.2 Å². The van der Waals surface area contributed by atoms with Crippen molar-refractivity contribution in [3.05, 3.63) is 21.9 Å². The van der Waals surface area contributed by atoms with Crippen LogP contribution in [-0.2, 0) is 16.1 Å². The van der Waals surface area contributed by atoms with Gasteiger partial charge < -0.3 is 14.5 Å². The molecule has 0 unspecified atom stereocenters. The van der Waals surface area contributed by atoms with Gasteiger partial charge in [-0.25, -0.2) is 4.79 Å². The first-order valence-corrected chi connectivity index (χ1v) is 9.40. The number of piperidine rings is 1. The molecule has 0 atom stereocenters. The zero-order valence-electron chi connectivity index (χ0n) is 15.1. The molecular formula is C18H28N2O3S. The summed E-state index contributed by atoms with van der Waals surface area (Å²) in [6.45, 7) is 8.41. The lowest BCUT2D eigenvalue weighted by molar-refractivity contribution is -0.136. The van der Waals surface area contributed by atoms with Crippen LogP contribution in [0.3, 0.4) is 0 Å². The molecule has 6 heteroatoms. The fraction of sp³-hybridized carbons (Fsp3) is 0.667. The maximum absolute atomic E-state index is 12.6. The van der Waals surface area contributed by atoms with Gasteiger partial charge in [0.15, 0.2) is 0 Å².